The summed E-state index contributed by atoms with van der Waals surface area (Å²) >= 11 is 6.42. The van der Waals surface area contributed by atoms with Crippen molar-refractivity contribution in [3.63, 3.8) is 0 Å². The van der Waals surface area contributed by atoms with Crippen molar-refractivity contribution in [3.8, 4) is 5.75 Å². The van der Waals surface area contributed by atoms with E-state index in [1.54, 1.807) is 18.2 Å². The molecular formula is C20H18N2O3S2. The number of carbonyl (C=O) groups is 2. The molecule has 1 saturated heterocycles. The smallest absolute Gasteiger partial charge is 0.285 e. The lowest BCUT2D eigenvalue weighted by molar-refractivity contribution is -0.123. The fourth-order valence-electron chi connectivity index (χ4n) is 2.58. The lowest BCUT2D eigenvalue weighted by atomic mass is 10.1. The van der Waals surface area contributed by atoms with Crippen LogP contribution in [0.4, 0.5) is 0 Å². The molecule has 0 aromatic heterocycles. The van der Waals surface area contributed by atoms with Crippen LogP contribution in [0.5, 0.6) is 5.75 Å². The first-order valence-electron chi connectivity index (χ1n) is 8.37. The highest BCUT2D eigenvalue weighted by Crippen LogP contribution is 2.33. The molecule has 0 saturated carbocycles. The van der Waals surface area contributed by atoms with Crippen molar-refractivity contribution in [2.45, 2.75) is 13.8 Å². The van der Waals surface area contributed by atoms with Gasteiger partial charge in [0, 0.05) is 11.1 Å². The lowest BCUT2D eigenvalue weighted by Gasteiger charge is -2.16. The molecule has 2 amide bonds. The molecule has 0 aliphatic carbocycles. The Morgan fingerprint density at radius 1 is 1.22 bits per heavy atom. The van der Waals surface area contributed by atoms with Gasteiger partial charge in [0.15, 0.2) is 4.32 Å². The number of thiocarbonyl (C=S) groups is 1. The largest absolute Gasteiger partial charge is 0.493 e. The first-order chi connectivity index (χ1) is 13.0. The molecule has 2 aromatic rings. The predicted octanol–water partition coefficient (Wildman–Crippen LogP) is 3.94. The zero-order valence-corrected chi connectivity index (χ0v) is 16.5. The van der Waals surface area contributed by atoms with Crippen LogP contribution in [0, 0.1) is 6.92 Å². The SMILES string of the molecule is CCOc1ccccc1/C=C1/SC(=S)N(NC(=O)c2ccccc2C)C1=O. The summed E-state index contributed by atoms with van der Waals surface area (Å²) in [5.41, 5.74) is 4.70. The molecule has 27 heavy (non-hydrogen) atoms. The fourth-order valence-corrected chi connectivity index (χ4v) is 3.75. The molecule has 1 aliphatic heterocycles. The van der Waals surface area contributed by atoms with Crippen molar-refractivity contribution in [1.82, 2.24) is 10.4 Å². The van der Waals surface area contributed by atoms with Crippen LogP contribution in [0.1, 0.15) is 28.4 Å². The van der Waals surface area contributed by atoms with Crippen molar-refractivity contribution >= 4 is 46.2 Å². The Morgan fingerprint density at radius 2 is 1.93 bits per heavy atom. The number of nitrogens with zero attached hydrogens (tertiary/aromatic N) is 1. The fraction of sp³-hybridized carbons (Fsp3) is 0.150. The zero-order chi connectivity index (χ0) is 19.4. The highest BCUT2D eigenvalue weighted by atomic mass is 32.2. The molecule has 0 bridgehead atoms. The average molecular weight is 399 g/mol. The normalized spacial score (nSPS) is 15.3. The molecule has 2 aromatic carbocycles. The van der Waals surface area contributed by atoms with Crippen molar-refractivity contribution in [3.05, 3.63) is 70.1 Å². The summed E-state index contributed by atoms with van der Waals surface area (Å²) < 4.78 is 5.87. The van der Waals surface area contributed by atoms with E-state index in [4.69, 9.17) is 17.0 Å². The van der Waals surface area contributed by atoms with Gasteiger partial charge >= 0.3 is 0 Å². The maximum atomic E-state index is 12.7. The molecular weight excluding hydrogens is 380 g/mol. The predicted molar refractivity (Wildman–Crippen MR) is 111 cm³/mol. The summed E-state index contributed by atoms with van der Waals surface area (Å²) in [5, 5.41) is 1.11. The number of hydrazine groups is 1. The molecule has 0 unspecified atom stereocenters. The van der Waals surface area contributed by atoms with Crippen LogP contribution in [0.25, 0.3) is 6.08 Å². The van der Waals surface area contributed by atoms with E-state index in [9.17, 15) is 9.59 Å². The highest BCUT2D eigenvalue weighted by molar-refractivity contribution is 8.26. The van der Waals surface area contributed by atoms with Crippen LogP contribution in [0.3, 0.4) is 0 Å². The number of nitrogens with one attached hydrogen (secondary N) is 1. The maximum absolute atomic E-state index is 12.7. The van der Waals surface area contributed by atoms with Crippen LogP contribution in [-0.2, 0) is 4.79 Å². The summed E-state index contributed by atoms with van der Waals surface area (Å²) in [6, 6.07) is 14.6. The van der Waals surface area contributed by atoms with Gasteiger partial charge in [-0.25, -0.2) is 0 Å². The van der Waals surface area contributed by atoms with E-state index in [0.717, 1.165) is 27.9 Å². The number of benzene rings is 2. The standard InChI is InChI=1S/C20H18N2O3S2/c1-3-25-16-11-7-5-9-14(16)12-17-19(24)22(20(26)27-17)21-18(23)15-10-6-4-8-13(15)2/h4-12H,3H2,1-2H3,(H,21,23)/b17-12+. The minimum Gasteiger partial charge on any atom is -0.493 e. The topological polar surface area (TPSA) is 58.6 Å². The first-order valence-corrected chi connectivity index (χ1v) is 9.60. The minimum atomic E-state index is -0.375. The maximum Gasteiger partial charge on any atom is 0.285 e. The molecule has 1 N–H and O–H groups in total. The Bertz CT molecular complexity index is 940. The average Bonchev–Trinajstić information content (AvgIpc) is 2.91. The van der Waals surface area contributed by atoms with Crippen LogP contribution in [0.2, 0.25) is 0 Å². The number of carbonyl (C=O) groups excluding carboxylic acids is 2. The summed E-state index contributed by atoms with van der Waals surface area (Å²) in [5.74, 6) is -0.0483. The van der Waals surface area contributed by atoms with Gasteiger partial charge < -0.3 is 4.74 Å². The van der Waals surface area contributed by atoms with E-state index in [2.05, 4.69) is 5.43 Å². The van der Waals surface area contributed by atoms with Gasteiger partial charge in [-0.3, -0.25) is 15.0 Å². The number of thioether (sulfide) groups is 1. The second kappa shape index (κ2) is 8.37. The van der Waals surface area contributed by atoms with E-state index in [1.165, 1.54) is 0 Å². The number of ether oxygens (including phenoxy) is 1. The number of hydrogen-bond donors (Lipinski definition) is 1. The molecule has 1 fully saturated rings. The molecule has 5 nitrogen and oxygen atoms in total. The van der Waals surface area contributed by atoms with Gasteiger partial charge in [-0.15, -0.1) is 0 Å². The Kier molecular flexibility index (Phi) is 5.93. The summed E-state index contributed by atoms with van der Waals surface area (Å²) in [6.45, 7) is 4.26. The van der Waals surface area contributed by atoms with Crippen LogP contribution >= 0.6 is 24.0 Å². The van der Waals surface area contributed by atoms with Crippen LogP contribution < -0.4 is 10.2 Å². The van der Waals surface area contributed by atoms with E-state index < -0.39 is 0 Å². The van der Waals surface area contributed by atoms with Crippen molar-refractivity contribution < 1.29 is 14.3 Å². The Morgan fingerprint density at radius 3 is 2.67 bits per heavy atom. The molecule has 3 rings (SSSR count). The summed E-state index contributed by atoms with van der Waals surface area (Å²) in [4.78, 5) is 25.7. The summed E-state index contributed by atoms with van der Waals surface area (Å²) in [7, 11) is 0. The van der Waals surface area contributed by atoms with Crippen molar-refractivity contribution in [2.24, 2.45) is 0 Å². The minimum absolute atomic E-state index is 0.280. The number of hydrogen-bond acceptors (Lipinski definition) is 5. The lowest BCUT2D eigenvalue weighted by Crippen LogP contribution is -2.45. The molecule has 138 valence electrons. The van der Waals surface area contributed by atoms with E-state index in [0.29, 0.717) is 22.8 Å². The first kappa shape index (κ1) is 19.1. The Hall–Kier alpha value is -2.64. The van der Waals surface area contributed by atoms with Gasteiger partial charge in [-0.1, -0.05) is 48.2 Å². The van der Waals surface area contributed by atoms with E-state index >= 15 is 0 Å². The monoisotopic (exact) mass is 398 g/mol. The van der Waals surface area contributed by atoms with Crippen molar-refractivity contribution in [2.75, 3.05) is 6.61 Å². The molecule has 0 atom stereocenters. The third-order valence-corrected chi connectivity index (χ3v) is 5.20. The Balaban J connectivity index is 1.81. The molecule has 7 heteroatoms. The van der Waals surface area contributed by atoms with E-state index in [-0.39, 0.29) is 16.1 Å². The van der Waals surface area contributed by atoms with Crippen LogP contribution in [0.15, 0.2) is 53.4 Å². The Labute approximate surface area is 167 Å². The quantitative estimate of drug-likeness (QED) is 0.611. The molecule has 1 aliphatic rings. The van der Waals surface area contributed by atoms with Gasteiger partial charge in [-0.2, -0.15) is 5.01 Å². The summed E-state index contributed by atoms with van der Waals surface area (Å²) in [6.07, 6.45) is 1.73. The number of para-hydroxylation sites is 1. The number of rotatable bonds is 5. The second-order valence-electron chi connectivity index (χ2n) is 5.74. The van der Waals surface area contributed by atoms with E-state index in [1.807, 2.05) is 50.2 Å². The van der Waals surface area contributed by atoms with Gasteiger partial charge in [-0.05, 0) is 49.8 Å². The third-order valence-electron chi connectivity index (χ3n) is 3.90. The van der Waals surface area contributed by atoms with Gasteiger partial charge in [0.25, 0.3) is 11.8 Å². The number of amides is 2. The second-order valence-corrected chi connectivity index (χ2v) is 7.42. The highest BCUT2D eigenvalue weighted by Gasteiger charge is 2.34. The van der Waals surface area contributed by atoms with Gasteiger partial charge in [0.1, 0.15) is 5.75 Å². The molecule has 0 radical (unpaired) electrons. The number of aryl methyl sites for hydroxylation is 1. The van der Waals surface area contributed by atoms with Crippen molar-refractivity contribution in [1.29, 1.82) is 0 Å². The molecule has 1 heterocycles. The third kappa shape index (κ3) is 4.20. The van der Waals surface area contributed by atoms with Gasteiger partial charge in [0.05, 0.1) is 11.5 Å². The van der Waals surface area contributed by atoms with Gasteiger partial charge in [0.2, 0.25) is 0 Å². The van der Waals surface area contributed by atoms with Crippen LogP contribution in [-0.4, -0.2) is 27.8 Å². The molecule has 0 spiro atoms. The zero-order valence-electron chi connectivity index (χ0n) is 14.9.